The van der Waals surface area contributed by atoms with Gasteiger partial charge < -0.3 is 0 Å². The molecule has 1 rings (SSSR count). The maximum atomic E-state index is 12.2. The summed E-state index contributed by atoms with van der Waals surface area (Å²) in [6, 6.07) is 0. The van der Waals surface area contributed by atoms with Crippen LogP contribution in [0.25, 0.3) is 0 Å². The van der Waals surface area contributed by atoms with Gasteiger partial charge in [-0.15, -0.1) is 0 Å². The Morgan fingerprint density at radius 2 is 2.20 bits per heavy atom. The molecule has 0 unspecified atom stereocenters. The van der Waals surface area contributed by atoms with E-state index in [1.807, 2.05) is 0 Å². The molecule has 0 radical (unpaired) electrons. The van der Waals surface area contributed by atoms with E-state index in [0.717, 1.165) is 0 Å². The monoisotopic (exact) mass is 166 g/mol. The number of imidazole rings is 1. The highest BCUT2D eigenvalue weighted by atomic mass is 35.5. The molecule has 0 saturated heterocycles. The Morgan fingerprint density at radius 3 is 2.40 bits per heavy atom. The number of rotatable bonds is 1. The number of aromatic amines is 1. The highest BCUT2D eigenvalue weighted by Crippen LogP contribution is 2.05. The topological polar surface area (TPSA) is 45.8 Å². The lowest BCUT2D eigenvalue weighted by Crippen LogP contribution is -1.92. The van der Waals surface area contributed by atoms with E-state index < -0.39 is 23.0 Å². The molecule has 10 heavy (non-hydrogen) atoms. The number of carbonyl (C=O) groups excluding carboxylic acids is 1. The van der Waals surface area contributed by atoms with Crippen LogP contribution in [0.3, 0.4) is 0 Å². The fourth-order valence-corrected chi connectivity index (χ4v) is 0.580. The molecule has 1 N–H and O–H groups in total. The molecule has 1 aromatic heterocycles. The molecule has 0 bridgehead atoms. The third-order valence-corrected chi connectivity index (χ3v) is 0.996. The SMILES string of the molecule is O=C(Cl)c1nc(F)[nH]c1F. The number of hydrogen-bond acceptors (Lipinski definition) is 2. The van der Waals surface area contributed by atoms with Gasteiger partial charge in [-0.25, -0.2) is 0 Å². The molecule has 1 aromatic rings. The molecule has 0 saturated carbocycles. The van der Waals surface area contributed by atoms with Gasteiger partial charge in [-0.3, -0.25) is 9.78 Å². The molecule has 0 spiro atoms. The third kappa shape index (κ3) is 1.13. The van der Waals surface area contributed by atoms with E-state index in [2.05, 4.69) is 4.98 Å². The Bertz CT molecular complexity index is 272. The van der Waals surface area contributed by atoms with Crippen molar-refractivity contribution in [2.75, 3.05) is 0 Å². The Morgan fingerprint density at radius 1 is 1.60 bits per heavy atom. The van der Waals surface area contributed by atoms with Crippen molar-refractivity contribution >= 4 is 16.8 Å². The lowest BCUT2D eigenvalue weighted by Gasteiger charge is -1.79. The molecule has 0 fully saturated rings. The minimum absolute atomic E-state index is 0.723. The quantitative estimate of drug-likeness (QED) is 0.635. The molecule has 1 heterocycles. The van der Waals surface area contributed by atoms with Crippen LogP contribution in [-0.2, 0) is 0 Å². The van der Waals surface area contributed by atoms with Crippen molar-refractivity contribution < 1.29 is 13.6 Å². The van der Waals surface area contributed by atoms with Crippen molar-refractivity contribution in [3.63, 3.8) is 0 Å². The highest BCUT2D eigenvalue weighted by Gasteiger charge is 2.14. The van der Waals surface area contributed by atoms with E-state index >= 15 is 0 Å². The molecule has 6 heteroatoms. The molecular weight excluding hydrogens is 166 g/mol. The first-order valence-electron chi connectivity index (χ1n) is 2.22. The Labute approximate surface area is 59.0 Å². The van der Waals surface area contributed by atoms with Crippen molar-refractivity contribution in [3.8, 4) is 0 Å². The first kappa shape index (κ1) is 7.14. The van der Waals surface area contributed by atoms with Gasteiger partial charge in [0.1, 0.15) is 0 Å². The summed E-state index contributed by atoms with van der Waals surface area (Å²) in [4.78, 5) is 14.5. The maximum Gasteiger partial charge on any atom is 0.289 e. The van der Waals surface area contributed by atoms with Gasteiger partial charge >= 0.3 is 0 Å². The summed E-state index contributed by atoms with van der Waals surface area (Å²) >= 11 is 4.79. The zero-order valence-electron chi connectivity index (χ0n) is 4.49. The van der Waals surface area contributed by atoms with Gasteiger partial charge in [-0.05, 0) is 11.6 Å². The summed E-state index contributed by atoms with van der Waals surface area (Å²) < 4.78 is 24.1. The second kappa shape index (κ2) is 2.34. The summed E-state index contributed by atoms with van der Waals surface area (Å²) in [7, 11) is 0. The maximum absolute atomic E-state index is 12.2. The zero-order valence-corrected chi connectivity index (χ0v) is 5.25. The lowest BCUT2D eigenvalue weighted by atomic mass is 10.5. The summed E-state index contributed by atoms with van der Waals surface area (Å²) in [5.41, 5.74) is -0.723. The summed E-state index contributed by atoms with van der Waals surface area (Å²) in [6.07, 6.45) is -1.17. The Kier molecular flexibility index (Phi) is 1.67. The van der Waals surface area contributed by atoms with E-state index in [4.69, 9.17) is 11.6 Å². The summed E-state index contributed by atoms with van der Waals surface area (Å²) in [6.45, 7) is 0. The van der Waals surface area contributed by atoms with Gasteiger partial charge in [-0.1, -0.05) is 0 Å². The number of carbonyl (C=O) groups is 1. The van der Waals surface area contributed by atoms with Crippen LogP contribution in [0, 0.1) is 12.0 Å². The molecular formula is C4HClF2N2O. The third-order valence-electron chi connectivity index (χ3n) is 0.817. The van der Waals surface area contributed by atoms with Crippen molar-refractivity contribution in [3.05, 3.63) is 17.7 Å². The van der Waals surface area contributed by atoms with Crippen LogP contribution >= 0.6 is 11.6 Å². The summed E-state index contributed by atoms with van der Waals surface area (Å²) in [5.74, 6) is -1.16. The van der Waals surface area contributed by atoms with Crippen LogP contribution in [0.15, 0.2) is 0 Å². The number of aromatic nitrogens is 2. The number of halogens is 3. The molecule has 3 nitrogen and oxygen atoms in total. The average Bonchev–Trinajstić information content (AvgIpc) is 2.10. The first-order chi connectivity index (χ1) is 4.61. The minimum Gasteiger partial charge on any atom is -0.290 e. The molecule has 0 atom stereocenters. The van der Waals surface area contributed by atoms with Crippen LogP contribution in [0.4, 0.5) is 8.78 Å². The van der Waals surface area contributed by atoms with Crippen molar-refractivity contribution in [2.45, 2.75) is 0 Å². The number of H-pyrrole nitrogens is 1. The first-order valence-corrected chi connectivity index (χ1v) is 2.60. The van der Waals surface area contributed by atoms with Crippen molar-refractivity contribution in [2.24, 2.45) is 0 Å². The van der Waals surface area contributed by atoms with Gasteiger partial charge in [0.05, 0.1) is 0 Å². The number of hydrogen-bond donors (Lipinski definition) is 1. The van der Waals surface area contributed by atoms with E-state index in [9.17, 15) is 13.6 Å². The predicted molar refractivity (Wildman–Crippen MR) is 28.7 cm³/mol. The normalized spacial score (nSPS) is 9.90. The smallest absolute Gasteiger partial charge is 0.289 e. The molecule has 0 amide bonds. The molecule has 0 aliphatic heterocycles. The van der Waals surface area contributed by atoms with E-state index in [-0.39, 0.29) is 0 Å². The number of nitrogens with one attached hydrogen (secondary N) is 1. The average molecular weight is 167 g/mol. The highest BCUT2D eigenvalue weighted by molar-refractivity contribution is 6.67. The number of nitrogens with zero attached hydrogens (tertiary/aromatic N) is 1. The van der Waals surface area contributed by atoms with Gasteiger partial charge in [0.2, 0.25) is 5.95 Å². The van der Waals surface area contributed by atoms with Crippen LogP contribution in [0.1, 0.15) is 10.5 Å². The molecule has 0 aliphatic rings. The van der Waals surface area contributed by atoms with Gasteiger partial charge in [0.25, 0.3) is 11.3 Å². The zero-order chi connectivity index (χ0) is 7.72. The standard InChI is InChI=1S/C4HClF2N2O/c5-2(10)1-3(6)9-4(7)8-1/h(H,8,9). The molecule has 0 aromatic carbocycles. The van der Waals surface area contributed by atoms with Crippen LogP contribution in [0.5, 0.6) is 0 Å². The van der Waals surface area contributed by atoms with Crippen LogP contribution in [0.2, 0.25) is 0 Å². The second-order valence-corrected chi connectivity index (χ2v) is 1.81. The van der Waals surface area contributed by atoms with Gasteiger partial charge in [-0.2, -0.15) is 13.8 Å². The van der Waals surface area contributed by atoms with Crippen molar-refractivity contribution in [1.29, 1.82) is 0 Å². The van der Waals surface area contributed by atoms with E-state index in [0.29, 0.717) is 0 Å². The van der Waals surface area contributed by atoms with Gasteiger partial charge in [0, 0.05) is 0 Å². The van der Waals surface area contributed by atoms with E-state index in [1.165, 1.54) is 4.98 Å². The molecule has 54 valence electrons. The minimum atomic E-state index is -1.17. The Balaban J connectivity index is 3.15. The van der Waals surface area contributed by atoms with Crippen molar-refractivity contribution in [1.82, 2.24) is 9.97 Å². The molecule has 0 aliphatic carbocycles. The van der Waals surface area contributed by atoms with Crippen LogP contribution < -0.4 is 0 Å². The lowest BCUT2D eigenvalue weighted by molar-refractivity contribution is 0.107. The Hall–Kier alpha value is -0.970. The van der Waals surface area contributed by atoms with Crippen LogP contribution in [-0.4, -0.2) is 15.2 Å². The van der Waals surface area contributed by atoms with E-state index in [1.54, 1.807) is 0 Å². The fourth-order valence-electron chi connectivity index (χ4n) is 0.455. The second-order valence-electron chi connectivity index (χ2n) is 1.46. The summed E-state index contributed by atoms with van der Waals surface area (Å²) in [5, 5.41) is -1.13. The fraction of sp³-hybridized carbons (Fsp3) is 0. The van der Waals surface area contributed by atoms with Gasteiger partial charge in [0.15, 0.2) is 5.69 Å². The predicted octanol–water partition coefficient (Wildman–Crippen LogP) is 1.07. The largest absolute Gasteiger partial charge is 0.290 e.